The largest absolute Gasteiger partial charge is 0.405 e. The molecule has 0 spiro atoms. The summed E-state index contributed by atoms with van der Waals surface area (Å²) >= 11 is 0. The SMILES string of the molecule is C/C=C\C(=C/c1ccc2c3ccc(-c4ccc5cc(C/C=C\C=C/N)ccc5c4)cc3n(-c3ccccc3)c2c1)c1cccc(-c2ccccc2)c1. The molecule has 250 valence electrons. The fourth-order valence-corrected chi connectivity index (χ4v) is 7.20. The molecule has 2 N–H and O–H groups in total. The van der Waals surface area contributed by atoms with E-state index in [1.54, 1.807) is 6.20 Å². The zero-order chi connectivity index (χ0) is 35.3. The molecule has 8 aromatic rings. The average Bonchev–Trinajstić information content (AvgIpc) is 3.52. The van der Waals surface area contributed by atoms with Crippen molar-refractivity contribution in [1.29, 1.82) is 0 Å². The maximum atomic E-state index is 5.46. The molecule has 0 amide bonds. The Bertz CT molecular complexity index is 2650. The predicted molar refractivity (Wildman–Crippen MR) is 224 cm³/mol. The summed E-state index contributed by atoms with van der Waals surface area (Å²) in [6.07, 6.45) is 15.0. The van der Waals surface area contributed by atoms with Crippen molar-refractivity contribution in [1.82, 2.24) is 4.57 Å². The highest BCUT2D eigenvalue weighted by atomic mass is 15.0. The van der Waals surface area contributed by atoms with E-state index in [1.807, 2.05) is 12.2 Å². The third kappa shape index (κ3) is 6.63. The van der Waals surface area contributed by atoms with Crippen molar-refractivity contribution in [2.75, 3.05) is 0 Å². The van der Waals surface area contributed by atoms with E-state index in [0.717, 1.165) is 17.7 Å². The van der Waals surface area contributed by atoms with Gasteiger partial charge in [0, 0.05) is 16.5 Å². The number of aromatic nitrogens is 1. The first-order valence-electron chi connectivity index (χ1n) is 17.9. The second-order valence-electron chi connectivity index (χ2n) is 13.1. The van der Waals surface area contributed by atoms with Crippen LogP contribution in [0.1, 0.15) is 23.6 Å². The van der Waals surface area contributed by atoms with Crippen molar-refractivity contribution in [3.8, 4) is 27.9 Å². The molecule has 8 rings (SSSR count). The third-order valence-electron chi connectivity index (χ3n) is 9.73. The van der Waals surface area contributed by atoms with Gasteiger partial charge in [0.2, 0.25) is 0 Å². The lowest BCUT2D eigenvalue weighted by Gasteiger charge is -2.10. The monoisotopic (exact) mass is 668 g/mol. The molecule has 0 aliphatic heterocycles. The van der Waals surface area contributed by atoms with Gasteiger partial charge in [-0.3, -0.25) is 0 Å². The molecule has 0 aliphatic carbocycles. The lowest BCUT2D eigenvalue weighted by atomic mass is 9.97. The summed E-state index contributed by atoms with van der Waals surface area (Å²) in [5.74, 6) is 0. The lowest BCUT2D eigenvalue weighted by Crippen LogP contribution is -1.94. The Morgan fingerprint density at radius 3 is 2.06 bits per heavy atom. The Morgan fingerprint density at radius 1 is 0.577 bits per heavy atom. The summed E-state index contributed by atoms with van der Waals surface area (Å²) < 4.78 is 2.41. The molecular formula is C50H40N2. The van der Waals surface area contributed by atoms with Gasteiger partial charge in [0.25, 0.3) is 0 Å². The molecule has 1 aromatic heterocycles. The first-order chi connectivity index (χ1) is 25.7. The Morgan fingerprint density at radius 2 is 1.25 bits per heavy atom. The number of rotatable bonds is 9. The summed E-state index contributed by atoms with van der Waals surface area (Å²) in [5.41, 5.74) is 18.6. The molecule has 0 fully saturated rings. The summed E-state index contributed by atoms with van der Waals surface area (Å²) in [7, 11) is 0. The van der Waals surface area contributed by atoms with E-state index >= 15 is 0 Å². The topological polar surface area (TPSA) is 30.9 Å². The molecule has 0 unspecified atom stereocenters. The van der Waals surface area contributed by atoms with Crippen LogP contribution in [-0.2, 0) is 6.42 Å². The summed E-state index contributed by atoms with van der Waals surface area (Å²) in [6, 6.07) is 57.4. The van der Waals surface area contributed by atoms with Crippen molar-refractivity contribution in [3.05, 3.63) is 211 Å². The zero-order valence-electron chi connectivity index (χ0n) is 29.3. The molecule has 1 heterocycles. The standard InChI is InChI=1S/C50H40N2/c1-2-13-39(41-18-12-17-40(33-41)38-15-7-3-8-16-38)31-37-22-27-47-48-28-26-45(35-50(48)52(49(47)32-37)46-19-9-4-10-20-46)44-25-24-42-30-36(14-6-5-11-29-51)21-23-43(42)34-44/h2-13,15-35H,14,51H2,1H3/b6-5-,13-2-,29-11-,39-31+. The molecule has 2 nitrogen and oxygen atoms in total. The second kappa shape index (κ2) is 14.7. The van der Waals surface area contributed by atoms with Crippen molar-refractivity contribution in [2.45, 2.75) is 13.3 Å². The van der Waals surface area contributed by atoms with Gasteiger partial charge >= 0.3 is 0 Å². The highest BCUT2D eigenvalue weighted by Crippen LogP contribution is 2.37. The van der Waals surface area contributed by atoms with Crippen molar-refractivity contribution in [3.63, 3.8) is 0 Å². The minimum absolute atomic E-state index is 0.873. The Balaban J connectivity index is 1.22. The zero-order valence-corrected chi connectivity index (χ0v) is 29.3. The summed E-state index contributed by atoms with van der Waals surface area (Å²) in [6.45, 7) is 2.08. The molecule has 0 aliphatic rings. The van der Waals surface area contributed by atoms with Crippen LogP contribution in [0.5, 0.6) is 0 Å². The van der Waals surface area contributed by atoms with Crippen LogP contribution < -0.4 is 5.73 Å². The van der Waals surface area contributed by atoms with Gasteiger partial charge in [-0.25, -0.2) is 0 Å². The average molecular weight is 669 g/mol. The first-order valence-corrected chi connectivity index (χ1v) is 17.9. The highest BCUT2D eigenvalue weighted by Gasteiger charge is 2.15. The molecular weight excluding hydrogens is 629 g/mol. The molecule has 0 bridgehead atoms. The summed E-state index contributed by atoms with van der Waals surface area (Å²) in [5, 5.41) is 4.96. The number of hydrogen-bond acceptors (Lipinski definition) is 1. The number of hydrogen-bond donors (Lipinski definition) is 1. The predicted octanol–water partition coefficient (Wildman–Crippen LogP) is 13.0. The molecule has 52 heavy (non-hydrogen) atoms. The van der Waals surface area contributed by atoms with Crippen LogP contribution in [0.15, 0.2) is 194 Å². The minimum Gasteiger partial charge on any atom is -0.405 e. The van der Waals surface area contributed by atoms with Crippen molar-refractivity contribution in [2.24, 2.45) is 5.73 Å². The van der Waals surface area contributed by atoms with Crippen molar-refractivity contribution < 1.29 is 0 Å². The Labute approximate surface area is 305 Å². The number of nitrogens with zero attached hydrogens (tertiary/aromatic N) is 1. The second-order valence-corrected chi connectivity index (χ2v) is 13.1. The van der Waals surface area contributed by atoms with E-state index in [2.05, 4.69) is 194 Å². The Hall–Kier alpha value is -6.64. The Kier molecular flexibility index (Phi) is 9.19. The highest BCUT2D eigenvalue weighted by molar-refractivity contribution is 6.11. The van der Waals surface area contributed by atoms with Crippen LogP contribution >= 0.6 is 0 Å². The van der Waals surface area contributed by atoms with E-state index in [0.29, 0.717) is 0 Å². The fourth-order valence-electron chi connectivity index (χ4n) is 7.20. The quantitative estimate of drug-likeness (QED) is 0.120. The van der Waals surface area contributed by atoms with Gasteiger partial charge in [0.15, 0.2) is 0 Å². The number of nitrogens with two attached hydrogens (primary N) is 1. The van der Waals surface area contributed by atoms with Crippen molar-refractivity contribution >= 4 is 44.2 Å². The van der Waals surface area contributed by atoms with Gasteiger partial charge in [0.05, 0.1) is 11.0 Å². The van der Waals surface area contributed by atoms with Gasteiger partial charge < -0.3 is 10.3 Å². The normalized spacial score (nSPS) is 12.4. The van der Waals surface area contributed by atoms with Gasteiger partial charge in [-0.15, -0.1) is 0 Å². The van der Waals surface area contributed by atoms with Crippen LogP contribution in [0.2, 0.25) is 0 Å². The van der Waals surface area contributed by atoms with Crippen LogP contribution in [0.25, 0.3) is 72.2 Å². The maximum absolute atomic E-state index is 5.46. The van der Waals surface area contributed by atoms with E-state index in [9.17, 15) is 0 Å². The number of allylic oxidation sites excluding steroid dienone is 6. The molecule has 0 saturated heterocycles. The number of benzene rings is 7. The van der Waals surface area contributed by atoms with Gasteiger partial charge in [-0.05, 0) is 123 Å². The smallest absolute Gasteiger partial charge is 0.0547 e. The van der Waals surface area contributed by atoms with E-state index in [-0.39, 0.29) is 0 Å². The third-order valence-corrected chi connectivity index (χ3v) is 9.73. The molecule has 2 heteroatoms. The fraction of sp³-hybridized carbons (Fsp3) is 0.0400. The number of para-hydroxylation sites is 1. The first kappa shape index (κ1) is 32.6. The van der Waals surface area contributed by atoms with Crippen LogP contribution in [-0.4, -0.2) is 4.57 Å². The van der Waals surface area contributed by atoms with Gasteiger partial charge in [-0.1, -0.05) is 146 Å². The van der Waals surface area contributed by atoms with E-state index in [1.165, 1.54) is 71.5 Å². The number of fused-ring (bicyclic) bond motifs is 4. The summed E-state index contributed by atoms with van der Waals surface area (Å²) in [4.78, 5) is 0. The molecule has 7 aromatic carbocycles. The maximum Gasteiger partial charge on any atom is 0.0547 e. The van der Waals surface area contributed by atoms with Gasteiger partial charge in [0.1, 0.15) is 0 Å². The van der Waals surface area contributed by atoms with Crippen LogP contribution in [0, 0.1) is 0 Å². The molecule has 0 saturated carbocycles. The van der Waals surface area contributed by atoms with E-state index in [4.69, 9.17) is 5.73 Å². The lowest BCUT2D eigenvalue weighted by molar-refractivity contribution is 1.18. The minimum atomic E-state index is 0.873. The van der Waals surface area contributed by atoms with Crippen LogP contribution in [0.3, 0.4) is 0 Å². The van der Waals surface area contributed by atoms with Crippen LogP contribution in [0.4, 0.5) is 0 Å². The van der Waals surface area contributed by atoms with E-state index < -0.39 is 0 Å². The molecule has 0 radical (unpaired) electrons. The van der Waals surface area contributed by atoms with Gasteiger partial charge in [-0.2, -0.15) is 0 Å². The molecule has 0 atom stereocenters.